The molecule has 21 heavy (non-hydrogen) atoms. The van der Waals surface area contributed by atoms with Crippen LogP contribution in [0.15, 0.2) is 46.9 Å². The Morgan fingerprint density at radius 1 is 1.19 bits per heavy atom. The number of methoxy groups -OCH3 is 1. The fraction of sp³-hybridized carbons (Fsp3) is 0.235. The van der Waals surface area contributed by atoms with E-state index >= 15 is 0 Å². The van der Waals surface area contributed by atoms with Crippen LogP contribution in [-0.2, 0) is 6.54 Å². The molecule has 0 spiro atoms. The van der Waals surface area contributed by atoms with Crippen LogP contribution in [0.1, 0.15) is 29.3 Å². The van der Waals surface area contributed by atoms with E-state index < -0.39 is 0 Å². The molecule has 0 unspecified atom stereocenters. The first-order valence-corrected chi connectivity index (χ1v) is 7.63. The topological polar surface area (TPSA) is 38.3 Å². The number of benzene rings is 2. The highest BCUT2D eigenvalue weighted by Crippen LogP contribution is 2.23. The van der Waals surface area contributed by atoms with Crippen molar-refractivity contribution < 1.29 is 9.53 Å². The maximum atomic E-state index is 12.0. The summed E-state index contributed by atoms with van der Waals surface area (Å²) >= 11 is 3.44. The number of hydrogen-bond acceptors (Lipinski definition) is 3. The molecule has 110 valence electrons. The van der Waals surface area contributed by atoms with Crippen molar-refractivity contribution in [3.63, 3.8) is 0 Å². The standard InChI is InChI=1S/C17H18BrNO2/c1-3-17(20)15-9-6-13(18)10-16(15)19-11-12-4-7-14(21-2)8-5-12/h4-10,19H,3,11H2,1-2H3. The Balaban J connectivity index is 2.14. The van der Waals surface area contributed by atoms with Crippen LogP contribution in [0.25, 0.3) is 0 Å². The van der Waals surface area contributed by atoms with Gasteiger partial charge in [-0.25, -0.2) is 0 Å². The van der Waals surface area contributed by atoms with E-state index in [-0.39, 0.29) is 5.78 Å². The Bertz CT molecular complexity index is 623. The first-order valence-electron chi connectivity index (χ1n) is 6.83. The van der Waals surface area contributed by atoms with Gasteiger partial charge in [0.1, 0.15) is 5.75 Å². The summed E-state index contributed by atoms with van der Waals surface area (Å²) in [6.45, 7) is 2.53. The van der Waals surface area contributed by atoms with Crippen LogP contribution in [0, 0.1) is 0 Å². The summed E-state index contributed by atoms with van der Waals surface area (Å²) in [5.41, 5.74) is 2.71. The van der Waals surface area contributed by atoms with Crippen LogP contribution >= 0.6 is 15.9 Å². The molecule has 2 aromatic rings. The van der Waals surface area contributed by atoms with Crippen molar-refractivity contribution in [3.05, 3.63) is 58.1 Å². The lowest BCUT2D eigenvalue weighted by Gasteiger charge is -2.12. The molecule has 0 aliphatic heterocycles. The van der Waals surface area contributed by atoms with E-state index in [1.807, 2.05) is 49.4 Å². The molecule has 0 bridgehead atoms. The minimum atomic E-state index is 0.139. The molecule has 0 fully saturated rings. The number of ketones is 1. The highest BCUT2D eigenvalue weighted by Gasteiger charge is 2.10. The van der Waals surface area contributed by atoms with E-state index in [1.165, 1.54) is 0 Å². The normalized spacial score (nSPS) is 10.2. The summed E-state index contributed by atoms with van der Waals surface area (Å²) in [6.07, 6.45) is 0.499. The molecule has 3 nitrogen and oxygen atoms in total. The molecule has 2 rings (SSSR count). The first kappa shape index (κ1) is 15.6. The van der Waals surface area contributed by atoms with Gasteiger partial charge in [-0.1, -0.05) is 35.0 Å². The van der Waals surface area contributed by atoms with E-state index in [0.29, 0.717) is 13.0 Å². The molecule has 0 aliphatic rings. The average Bonchev–Trinajstić information content (AvgIpc) is 2.52. The lowest BCUT2D eigenvalue weighted by molar-refractivity contribution is 0.0989. The Hall–Kier alpha value is -1.81. The predicted molar refractivity (Wildman–Crippen MR) is 89.1 cm³/mol. The summed E-state index contributed by atoms with van der Waals surface area (Å²) < 4.78 is 6.09. The monoisotopic (exact) mass is 347 g/mol. The van der Waals surface area contributed by atoms with Crippen LogP contribution in [0.4, 0.5) is 5.69 Å². The molecule has 0 heterocycles. The zero-order valence-corrected chi connectivity index (χ0v) is 13.7. The zero-order chi connectivity index (χ0) is 15.2. The van der Waals surface area contributed by atoms with Gasteiger partial charge in [0, 0.05) is 28.7 Å². The number of anilines is 1. The molecule has 0 atom stereocenters. The van der Waals surface area contributed by atoms with Crippen LogP contribution in [-0.4, -0.2) is 12.9 Å². The highest BCUT2D eigenvalue weighted by molar-refractivity contribution is 9.10. The van der Waals surface area contributed by atoms with Crippen molar-refractivity contribution in [2.24, 2.45) is 0 Å². The predicted octanol–water partition coefficient (Wildman–Crippen LogP) is 4.66. The first-order chi connectivity index (χ1) is 10.1. The van der Waals surface area contributed by atoms with Gasteiger partial charge in [-0.2, -0.15) is 0 Å². The maximum Gasteiger partial charge on any atom is 0.164 e. The SMILES string of the molecule is CCC(=O)c1ccc(Br)cc1NCc1ccc(OC)cc1. The summed E-state index contributed by atoms with van der Waals surface area (Å²) in [6, 6.07) is 13.5. The van der Waals surface area contributed by atoms with E-state index in [0.717, 1.165) is 27.0 Å². The lowest BCUT2D eigenvalue weighted by Crippen LogP contribution is -2.06. The van der Waals surface area contributed by atoms with Gasteiger partial charge in [0.05, 0.1) is 7.11 Å². The van der Waals surface area contributed by atoms with E-state index in [4.69, 9.17) is 4.74 Å². The average molecular weight is 348 g/mol. The van der Waals surface area contributed by atoms with Crippen molar-refractivity contribution in [3.8, 4) is 5.75 Å². The fourth-order valence-electron chi connectivity index (χ4n) is 2.04. The Morgan fingerprint density at radius 2 is 1.90 bits per heavy atom. The molecule has 4 heteroatoms. The van der Waals surface area contributed by atoms with Gasteiger partial charge in [-0.15, -0.1) is 0 Å². The highest BCUT2D eigenvalue weighted by atomic mass is 79.9. The third-order valence-corrected chi connectivity index (χ3v) is 3.74. The molecule has 1 N–H and O–H groups in total. The van der Waals surface area contributed by atoms with Crippen molar-refractivity contribution in [1.29, 1.82) is 0 Å². The summed E-state index contributed by atoms with van der Waals surface area (Å²) in [4.78, 5) is 12.0. The number of Topliss-reactive ketones (excluding diaryl/α,β-unsaturated/α-hetero) is 1. The minimum absolute atomic E-state index is 0.139. The van der Waals surface area contributed by atoms with Crippen molar-refractivity contribution in [2.45, 2.75) is 19.9 Å². The third-order valence-electron chi connectivity index (χ3n) is 3.25. The molecule has 0 radical (unpaired) electrons. The number of halogens is 1. The number of hydrogen-bond donors (Lipinski definition) is 1. The zero-order valence-electron chi connectivity index (χ0n) is 12.2. The van der Waals surface area contributed by atoms with Crippen molar-refractivity contribution in [1.82, 2.24) is 0 Å². The second-order valence-electron chi connectivity index (χ2n) is 4.67. The molecule has 0 saturated carbocycles. The summed E-state index contributed by atoms with van der Waals surface area (Å²) in [5, 5.41) is 3.33. The second-order valence-corrected chi connectivity index (χ2v) is 5.58. The lowest BCUT2D eigenvalue weighted by atomic mass is 10.1. The van der Waals surface area contributed by atoms with E-state index in [9.17, 15) is 4.79 Å². The number of carbonyl (C=O) groups is 1. The number of nitrogens with one attached hydrogen (secondary N) is 1. The number of carbonyl (C=O) groups excluding carboxylic acids is 1. The maximum absolute atomic E-state index is 12.0. The van der Waals surface area contributed by atoms with Crippen molar-refractivity contribution in [2.75, 3.05) is 12.4 Å². The molecular weight excluding hydrogens is 330 g/mol. The van der Waals surface area contributed by atoms with Gasteiger partial charge in [0.25, 0.3) is 0 Å². The summed E-state index contributed by atoms with van der Waals surface area (Å²) in [7, 11) is 1.65. The van der Waals surface area contributed by atoms with Crippen LogP contribution < -0.4 is 10.1 Å². The van der Waals surface area contributed by atoms with Crippen LogP contribution in [0.5, 0.6) is 5.75 Å². The molecule has 0 aliphatic carbocycles. The fourth-order valence-corrected chi connectivity index (χ4v) is 2.40. The van der Waals surface area contributed by atoms with Crippen molar-refractivity contribution >= 4 is 27.4 Å². The Kier molecular flexibility index (Phi) is 5.39. The molecule has 0 aromatic heterocycles. The molecular formula is C17H18BrNO2. The van der Waals surface area contributed by atoms with Gasteiger partial charge in [0.2, 0.25) is 0 Å². The van der Waals surface area contributed by atoms with Crippen LogP contribution in [0.2, 0.25) is 0 Å². The van der Waals surface area contributed by atoms with Gasteiger partial charge < -0.3 is 10.1 Å². The Morgan fingerprint density at radius 3 is 2.52 bits per heavy atom. The molecule has 2 aromatic carbocycles. The molecule has 0 amide bonds. The van der Waals surface area contributed by atoms with Gasteiger partial charge in [-0.05, 0) is 35.9 Å². The third kappa shape index (κ3) is 4.08. The largest absolute Gasteiger partial charge is 0.497 e. The number of rotatable bonds is 6. The van der Waals surface area contributed by atoms with E-state index in [1.54, 1.807) is 7.11 Å². The Labute approximate surface area is 133 Å². The van der Waals surface area contributed by atoms with Gasteiger partial charge in [-0.3, -0.25) is 4.79 Å². The van der Waals surface area contributed by atoms with Gasteiger partial charge >= 0.3 is 0 Å². The number of ether oxygens (including phenoxy) is 1. The summed E-state index contributed by atoms with van der Waals surface area (Å²) in [5.74, 6) is 0.975. The second kappa shape index (κ2) is 7.27. The molecule has 0 saturated heterocycles. The smallest absolute Gasteiger partial charge is 0.164 e. The minimum Gasteiger partial charge on any atom is -0.497 e. The quantitative estimate of drug-likeness (QED) is 0.772. The van der Waals surface area contributed by atoms with Crippen LogP contribution in [0.3, 0.4) is 0 Å². The van der Waals surface area contributed by atoms with Gasteiger partial charge in [0.15, 0.2) is 5.78 Å². The van der Waals surface area contributed by atoms with E-state index in [2.05, 4.69) is 21.2 Å².